The van der Waals surface area contributed by atoms with Gasteiger partial charge in [0.15, 0.2) is 0 Å². The smallest absolute Gasteiger partial charge is 0.407 e. The Kier molecular flexibility index (Phi) is 6.34. The molecule has 0 atom stereocenters. The summed E-state index contributed by atoms with van der Waals surface area (Å²) in [5.74, 6) is 0.863. The summed E-state index contributed by atoms with van der Waals surface area (Å²) >= 11 is 3.31. The fourth-order valence-corrected chi connectivity index (χ4v) is 3.28. The maximum Gasteiger partial charge on any atom is 0.407 e. The van der Waals surface area contributed by atoms with Gasteiger partial charge in [0.2, 0.25) is 5.95 Å². The molecule has 0 radical (unpaired) electrons. The fraction of sp³-hybridized carbons (Fsp3) is 0.667. The number of amides is 1. The second-order valence-electron chi connectivity index (χ2n) is 8.33. The van der Waals surface area contributed by atoms with Crippen LogP contribution in [0.25, 0.3) is 0 Å². The summed E-state index contributed by atoms with van der Waals surface area (Å²) in [7, 11) is 0. The molecule has 2 heterocycles. The summed E-state index contributed by atoms with van der Waals surface area (Å²) in [5, 5.41) is 19.1. The van der Waals surface area contributed by atoms with Crippen molar-refractivity contribution in [1.82, 2.24) is 14.9 Å². The van der Waals surface area contributed by atoms with Gasteiger partial charge in [-0.25, -0.2) is 9.78 Å². The number of hydrogen-bond donors (Lipinski definition) is 3. The SMILES string of the molecule is CC(=N)n1c(N2CCC(C)(CNC(=O)OC(C)(C)C)CC2)ncc(Br)c1=N. The van der Waals surface area contributed by atoms with Gasteiger partial charge in [0.1, 0.15) is 16.9 Å². The molecule has 1 fully saturated rings. The lowest BCUT2D eigenvalue weighted by Crippen LogP contribution is -2.47. The lowest BCUT2D eigenvalue weighted by Gasteiger charge is -2.40. The highest BCUT2D eigenvalue weighted by molar-refractivity contribution is 9.10. The third kappa shape index (κ3) is 5.54. The van der Waals surface area contributed by atoms with Gasteiger partial charge in [0.25, 0.3) is 0 Å². The topological polar surface area (TPSA) is 107 Å². The van der Waals surface area contributed by atoms with Crippen LogP contribution in [0.2, 0.25) is 0 Å². The summed E-state index contributed by atoms with van der Waals surface area (Å²) in [5.41, 5.74) is -0.322. The fourth-order valence-electron chi connectivity index (χ4n) is 3.00. The maximum absolute atomic E-state index is 11.9. The standard InChI is InChI=1S/C18H29BrN6O2/c1-12(20)25-14(21)13(19)10-22-15(25)24-8-6-18(5,7-9-24)11-23-16(26)27-17(2,3)4/h10,20-21H,6-9,11H2,1-5H3,(H,23,26). The number of rotatable bonds is 3. The molecule has 0 aromatic carbocycles. The molecule has 9 heteroatoms. The first-order chi connectivity index (χ1) is 12.4. The van der Waals surface area contributed by atoms with E-state index < -0.39 is 11.7 Å². The van der Waals surface area contributed by atoms with E-state index in [9.17, 15) is 4.79 Å². The van der Waals surface area contributed by atoms with Crippen LogP contribution in [0.1, 0.15) is 47.5 Å². The van der Waals surface area contributed by atoms with Gasteiger partial charge in [-0.1, -0.05) is 6.92 Å². The zero-order chi connectivity index (χ0) is 20.4. The van der Waals surface area contributed by atoms with Crippen molar-refractivity contribution < 1.29 is 9.53 Å². The lowest BCUT2D eigenvalue weighted by molar-refractivity contribution is 0.0495. The number of alkyl carbamates (subject to hydrolysis) is 1. The number of ether oxygens (including phenoxy) is 1. The number of piperidine rings is 1. The minimum atomic E-state index is -0.506. The molecule has 0 spiro atoms. The van der Waals surface area contributed by atoms with Crippen LogP contribution in [-0.4, -0.2) is 46.7 Å². The Morgan fingerprint density at radius 2 is 2.00 bits per heavy atom. The van der Waals surface area contributed by atoms with Gasteiger partial charge in [-0.05, 0) is 61.9 Å². The molecule has 0 saturated carbocycles. The molecule has 150 valence electrons. The maximum atomic E-state index is 11.9. The van der Waals surface area contributed by atoms with Gasteiger partial charge in [0.05, 0.1) is 4.47 Å². The molecule has 3 N–H and O–H groups in total. The molecule has 1 amide bonds. The zero-order valence-electron chi connectivity index (χ0n) is 16.6. The Bertz CT molecular complexity index is 775. The molecule has 1 aromatic rings. The van der Waals surface area contributed by atoms with E-state index in [4.69, 9.17) is 15.6 Å². The van der Waals surface area contributed by atoms with Crippen LogP contribution >= 0.6 is 15.9 Å². The van der Waals surface area contributed by atoms with E-state index in [2.05, 4.69) is 38.1 Å². The quantitative estimate of drug-likeness (QED) is 0.495. The molecular weight excluding hydrogens is 412 g/mol. The number of hydrogen-bond acceptors (Lipinski definition) is 6. The molecule has 27 heavy (non-hydrogen) atoms. The Balaban J connectivity index is 2.03. The predicted octanol–water partition coefficient (Wildman–Crippen LogP) is 3.10. The van der Waals surface area contributed by atoms with Crippen LogP contribution < -0.4 is 15.7 Å². The molecule has 0 aliphatic carbocycles. The molecule has 1 aliphatic rings. The highest BCUT2D eigenvalue weighted by Gasteiger charge is 2.32. The van der Waals surface area contributed by atoms with E-state index in [1.807, 2.05) is 20.8 Å². The van der Waals surface area contributed by atoms with E-state index in [1.54, 1.807) is 13.1 Å². The minimum Gasteiger partial charge on any atom is -0.444 e. The Labute approximate surface area is 168 Å². The zero-order valence-corrected chi connectivity index (χ0v) is 18.2. The highest BCUT2D eigenvalue weighted by atomic mass is 79.9. The first-order valence-corrected chi connectivity index (χ1v) is 9.81. The number of anilines is 1. The van der Waals surface area contributed by atoms with Crippen molar-refractivity contribution >= 4 is 33.8 Å². The van der Waals surface area contributed by atoms with Crippen molar-refractivity contribution in [3.8, 4) is 0 Å². The van der Waals surface area contributed by atoms with Crippen molar-refractivity contribution in [1.29, 1.82) is 10.8 Å². The second kappa shape index (κ2) is 8.00. The molecular formula is C18H29BrN6O2. The van der Waals surface area contributed by atoms with Crippen molar-refractivity contribution in [3.63, 3.8) is 0 Å². The summed E-state index contributed by atoms with van der Waals surface area (Å²) in [6, 6.07) is 0. The Hall–Kier alpha value is -1.90. The first kappa shape index (κ1) is 21.4. The summed E-state index contributed by atoms with van der Waals surface area (Å²) in [6.45, 7) is 11.4. The number of aromatic nitrogens is 2. The molecule has 1 saturated heterocycles. The van der Waals surface area contributed by atoms with E-state index in [0.29, 0.717) is 17.0 Å². The van der Waals surface area contributed by atoms with E-state index in [1.165, 1.54) is 4.57 Å². The van der Waals surface area contributed by atoms with Gasteiger partial charge in [-0.2, -0.15) is 0 Å². The molecule has 2 rings (SSSR count). The Morgan fingerprint density at radius 1 is 1.41 bits per heavy atom. The molecule has 8 nitrogen and oxygen atoms in total. The van der Waals surface area contributed by atoms with Gasteiger partial charge >= 0.3 is 6.09 Å². The van der Waals surface area contributed by atoms with Gasteiger partial charge in [-0.3, -0.25) is 15.4 Å². The number of carbonyl (C=O) groups excluding carboxylic acids is 1. The van der Waals surface area contributed by atoms with Gasteiger partial charge < -0.3 is 15.0 Å². The minimum absolute atomic E-state index is 0.0306. The van der Waals surface area contributed by atoms with Gasteiger partial charge in [0, 0.05) is 25.8 Å². The summed E-state index contributed by atoms with van der Waals surface area (Å²) in [6.07, 6.45) is 2.95. The number of nitrogens with zero attached hydrogens (tertiary/aromatic N) is 3. The molecule has 0 unspecified atom stereocenters. The Morgan fingerprint density at radius 3 is 2.52 bits per heavy atom. The van der Waals surface area contributed by atoms with Crippen LogP contribution in [0, 0.1) is 16.2 Å². The third-order valence-electron chi connectivity index (χ3n) is 4.59. The van der Waals surface area contributed by atoms with Crippen molar-refractivity contribution in [2.24, 2.45) is 5.41 Å². The van der Waals surface area contributed by atoms with Crippen molar-refractivity contribution in [3.05, 3.63) is 16.2 Å². The molecule has 1 aromatic heterocycles. The second-order valence-corrected chi connectivity index (χ2v) is 9.18. The normalized spacial score (nSPS) is 16.7. The van der Waals surface area contributed by atoms with Gasteiger partial charge in [-0.15, -0.1) is 0 Å². The van der Waals surface area contributed by atoms with Crippen LogP contribution in [0.3, 0.4) is 0 Å². The first-order valence-electron chi connectivity index (χ1n) is 9.01. The molecule has 0 bridgehead atoms. The monoisotopic (exact) mass is 440 g/mol. The molecule has 1 aliphatic heterocycles. The predicted molar refractivity (Wildman–Crippen MR) is 108 cm³/mol. The number of nitrogens with one attached hydrogen (secondary N) is 3. The highest BCUT2D eigenvalue weighted by Crippen LogP contribution is 2.31. The van der Waals surface area contributed by atoms with E-state index in [-0.39, 0.29) is 16.7 Å². The lowest BCUT2D eigenvalue weighted by atomic mass is 9.80. The third-order valence-corrected chi connectivity index (χ3v) is 5.17. The number of carbonyl (C=O) groups is 1. The van der Waals surface area contributed by atoms with Crippen molar-refractivity contribution in [2.45, 2.75) is 53.1 Å². The van der Waals surface area contributed by atoms with Crippen LogP contribution in [0.4, 0.5) is 10.7 Å². The van der Waals surface area contributed by atoms with E-state index in [0.717, 1.165) is 25.9 Å². The largest absolute Gasteiger partial charge is 0.444 e. The average Bonchev–Trinajstić information content (AvgIpc) is 2.54. The number of halogens is 1. The van der Waals surface area contributed by atoms with Crippen LogP contribution in [0.5, 0.6) is 0 Å². The van der Waals surface area contributed by atoms with E-state index >= 15 is 0 Å². The van der Waals surface area contributed by atoms with Crippen molar-refractivity contribution in [2.75, 3.05) is 24.5 Å². The average molecular weight is 441 g/mol. The summed E-state index contributed by atoms with van der Waals surface area (Å²) in [4.78, 5) is 18.4. The van der Waals surface area contributed by atoms with Crippen LogP contribution in [0.15, 0.2) is 10.7 Å². The summed E-state index contributed by atoms with van der Waals surface area (Å²) < 4.78 is 7.40. The van der Waals surface area contributed by atoms with Crippen LogP contribution in [-0.2, 0) is 4.74 Å².